The highest BCUT2D eigenvalue weighted by atomic mass is 16.5. The van der Waals surface area contributed by atoms with E-state index in [0.29, 0.717) is 25.2 Å². The molecule has 1 amide bonds. The fourth-order valence-electron chi connectivity index (χ4n) is 3.09. The van der Waals surface area contributed by atoms with Crippen molar-refractivity contribution >= 4 is 5.91 Å². The van der Waals surface area contributed by atoms with Crippen LogP contribution in [0.3, 0.4) is 0 Å². The average molecular weight is 293 g/mol. The van der Waals surface area contributed by atoms with Crippen LogP contribution in [-0.4, -0.2) is 55.3 Å². The zero-order valence-electron chi connectivity index (χ0n) is 13.3. The van der Waals surface area contributed by atoms with E-state index in [1.807, 2.05) is 41.9 Å². The van der Waals surface area contributed by atoms with Crippen molar-refractivity contribution in [3.05, 3.63) is 24.0 Å². The van der Waals surface area contributed by atoms with Gasteiger partial charge in [0.2, 0.25) is 0 Å². The minimum atomic E-state index is 0.115. The lowest BCUT2D eigenvalue weighted by molar-refractivity contribution is 0.0672. The molecule has 5 heteroatoms. The summed E-state index contributed by atoms with van der Waals surface area (Å²) in [5.74, 6) is 0.115. The van der Waals surface area contributed by atoms with E-state index < -0.39 is 0 Å². The van der Waals surface area contributed by atoms with Crippen LogP contribution in [0.15, 0.2) is 18.3 Å². The van der Waals surface area contributed by atoms with Crippen molar-refractivity contribution in [2.24, 2.45) is 0 Å². The highest BCUT2D eigenvalue weighted by Crippen LogP contribution is 2.23. The molecular formula is C16H27N3O2. The minimum absolute atomic E-state index is 0.115. The lowest BCUT2D eigenvalue weighted by Crippen LogP contribution is -2.43. The molecule has 1 fully saturated rings. The number of carbonyl (C=O) groups is 1. The molecule has 0 bridgehead atoms. The quantitative estimate of drug-likeness (QED) is 0.869. The second-order valence-corrected chi connectivity index (χ2v) is 5.79. The Morgan fingerprint density at radius 2 is 2.14 bits per heavy atom. The van der Waals surface area contributed by atoms with Gasteiger partial charge < -0.3 is 19.5 Å². The molecule has 1 heterocycles. The monoisotopic (exact) mass is 293 g/mol. The second kappa shape index (κ2) is 7.61. The first-order valence-corrected chi connectivity index (χ1v) is 7.76. The van der Waals surface area contributed by atoms with Gasteiger partial charge in [-0.1, -0.05) is 0 Å². The van der Waals surface area contributed by atoms with Crippen LogP contribution in [0.25, 0.3) is 0 Å². The molecule has 21 heavy (non-hydrogen) atoms. The standard InChI is InChI=1S/C16H27N3O2/c1-17-13-6-8-14(9-7-13)18(2)16(20)15-5-4-10-19(15)11-12-21-3/h4-5,10,13-14,17H,6-9,11-12H2,1-3H3. The molecule has 5 nitrogen and oxygen atoms in total. The van der Waals surface area contributed by atoms with Crippen LogP contribution in [-0.2, 0) is 11.3 Å². The van der Waals surface area contributed by atoms with Crippen LogP contribution in [0.5, 0.6) is 0 Å². The summed E-state index contributed by atoms with van der Waals surface area (Å²) in [6, 6.07) is 4.78. The molecule has 0 atom stereocenters. The zero-order chi connectivity index (χ0) is 15.2. The van der Waals surface area contributed by atoms with Crippen molar-refractivity contribution in [1.82, 2.24) is 14.8 Å². The van der Waals surface area contributed by atoms with Gasteiger partial charge in [-0.2, -0.15) is 0 Å². The van der Waals surface area contributed by atoms with Gasteiger partial charge in [-0.15, -0.1) is 0 Å². The summed E-state index contributed by atoms with van der Waals surface area (Å²) in [6.07, 6.45) is 6.38. The zero-order valence-corrected chi connectivity index (χ0v) is 13.3. The first-order valence-electron chi connectivity index (χ1n) is 7.76. The van der Waals surface area contributed by atoms with E-state index in [0.717, 1.165) is 31.4 Å². The minimum Gasteiger partial charge on any atom is -0.383 e. The first-order chi connectivity index (χ1) is 10.2. The molecule has 0 radical (unpaired) electrons. The molecule has 1 N–H and O–H groups in total. The van der Waals surface area contributed by atoms with Gasteiger partial charge in [-0.25, -0.2) is 0 Å². The molecule has 1 saturated carbocycles. The highest BCUT2D eigenvalue weighted by Gasteiger charge is 2.27. The number of hydrogen-bond donors (Lipinski definition) is 1. The maximum Gasteiger partial charge on any atom is 0.270 e. The molecule has 1 aliphatic carbocycles. The number of rotatable bonds is 6. The molecule has 0 unspecified atom stereocenters. The van der Waals surface area contributed by atoms with Gasteiger partial charge in [0.05, 0.1) is 6.61 Å². The number of aromatic nitrogens is 1. The number of methoxy groups -OCH3 is 1. The molecule has 1 aliphatic rings. The van der Waals surface area contributed by atoms with Gasteiger partial charge >= 0.3 is 0 Å². The maximum atomic E-state index is 12.7. The first kappa shape index (κ1) is 16.0. The normalized spacial score (nSPS) is 22.2. The lowest BCUT2D eigenvalue weighted by Gasteiger charge is -2.34. The Kier molecular flexibility index (Phi) is 5.82. The third kappa shape index (κ3) is 3.86. The maximum absolute atomic E-state index is 12.7. The van der Waals surface area contributed by atoms with E-state index in [-0.39, 0.29) is 5.91 Å². The smallest absolute Gasteiger partial charge is 0.270 e. The van der Waals surface area contributed by atoms with E-state index in [9.17, 15) is 4.79 Å². The summed E-state index contributed by atoms with van der Waals surface area (Å²) in [6.45, 7) is 1.33. The molecule has 0 aliphatic heterocycles. The van der Waals surface area contributed by atoms with Crippen LogP contribution < -0.4 is 5.32 Å². The summed E-state index contributed by atoms with van der Waals surface area (Å²) >= 11 is 0. The summed E-state index contributed by atoms with van der Waals surface area (Å²) in [7, 11) is 5.63. The Morgan fingerprint density at radius 1 is 1.43 bits per heavy atom. The van der Waals surface area contributed by atoms with Crippen molar-refractivity contribution in [2.45, 2.75) is 44.3 Å². The Hall–Kier alpha value is -1.33. The van der Waals surface area contributed by atoms with E-state index in [4.69, 9.17) is 4.74 Å². The van der Waals surface area contributed by atoms with Crippen LogP contribution >= 0.6 is 0 Å². The Balaban J connectivity index is 1.98. The topological polar surface area (TPSA) is 46.5 Å². The fraction of sp³-hybridized carbons (Fsp3) is 0.688. The molecule has 118 valence electrons. The molecule has 0 saturated heterocycles. The van der Waals surface area contributed by atoms with Crippen LogP contribution in [0.2, 0.25) is 0 Å². The molecule has 1 aromatic rings. The Morgan fingerprint density at radius 3 is 2.76 bits per heavy atom. The second-order valence-electron chi connectivity index (χ2n) is 5.79. The fourth-order valence-corrected chi connectivity index (χ4v) is 3.09. The van der Waals surface area contributed by atoms with Gasteiger partial charge in [0, 0.05) is 39.0 Å². The van der Waals surface area contributed by atoms with E-state index in [2.05, 4.69) is 5.32 Å². The predicted molar refractivity (Wildman–Crippen MR) is 83.5 cm³/mol. The van der Waals surface area contributed by atoms with Crippen LogP contribution in [0.1, 0.15) is 36.2 Å². The summed E-state index contributed by atoms with van der Waals surface area (Å²) in [5.41, 5.74) is 0.755. The van der Waals surface area contributed by atoms with Gasteiger partial charge in [0.25, 0.3) is 5.91 Å². The van der Waals surface area contributed by atoms with Gasteiger partial charge in [-0.3, -0.25) is 4.79 Å². The average Bonchev–Trinajstić information content (AvgIpc) is 3.00. The van der Waals surface area contributed by atoms with Crippen LogP contribution in [0.4, 0.5) is 0 Å². The van der Waals surface area contributed by atoms with Crippen molar-refractivity contribution < 1.29 is 9.53 Å². The van der Waals surface area contributed by atoms with Gasteiger partial charge in [0.15, 0.2) is 0 Å². The van der Waals surface area contributed by atoms with Crippen molar-refractivity contribution in [3.63, 3.8) is 0 Å². The van der Waals surface area contributed by atoms with Crippen LogP contribution in [0, 0.1) is 0 Å². The SMILES string of the molecule is CNC1CCC(N(C)C(=O)c2cccn2CCOC)CC1. The summed E-state index contributed by atoms with van der Waals surface area (Å²) < 4.78 is 7.07. The lowest BCUT2D eigenvalue weighted by atomic mass is 9.90. The largest absolute Gasteiger partial charge is 0.383 e. The van der Waals surface area contributed by atoms with Gasteiger partial charge in [-0.05, 0) is 44.9 Å². The van der Waals surface area contributed by atoms with Crippen molar-refractivity contribution in [1.29, 1.82) is 0 Å². The number of nitrogens with one attached hydrogen (secondary N) is 1. The third-order valence-corrected chi connectivity index (χ3v) is 4.56. The van der Waals surface area contributed by atoms with Gasteiger partial charge in [0.1, 0.15) is 5.69 Å². The summed E-state index contributed by atoms with van der Waals surface area (Å²) in [4.78, 5) is 14.6. The Bertz CT molecular complexity index is 450. The molecule has 1 aromatic heterocycles. The highest BCUT2D eigenvalue weighted by molar-refractivity contribution is 5.92. The molecular weight excluding hydrogens is 266 g/mol. The number of nitrogens with zero attached hydrogens (tertiary/aromatic N) is 2. The Labute approximate surface area is 127 Å². The molecule has 0 spiro atoms. The molecule has 0 aromatic carbocycles. The number of amides is 1. The van der Waals surface area contributed by atoms with E-state index in [1.165, 1.54) is 0 Å². The van der Waals surface area contributed by atoms with E-state index >= 15 is 0 Å². The summed E-state index contributed by atoms with van der Waals surface area (Å²) in [5, 5.41) is 3.33. The number of ether oxygens (including phenoxy) is 1. The third-order valence-electron chi connectivity index (χ3n) is 4.56. The van der Waals surface area contributed by atoms with Crippen molar-refractivity contribution in [3.8, 4) is 0 Å². The van der Waals surface area contributed by atoms with Crippen molar-refractivity contribution in [2.75, 3.05) is 27.8 Å². The number of carbonyl (C=O) groups excluding carboxylic acids is 1. The predicted octanol–water partition coefficient (Wildman–Crippen LogP) is 1.74. The molecule has 2 rings (SSSR count). The van der Waals surface area contributed by atoms with E-state index in [1.54, 1.807) is 7.11 Å². The number of hydrogen-bond acceptors (Lipinski definition) is 3.